The summed E-state index contributed by atoms with van der Waals surface area (Å²) < 4.78 is 5.12. The predicted octanol–water partition coefficient (Wildman–Crippen LogP) is 3.63. The van der Waals surface area contributed by atoms with Crippen LogP contribution in [0.5, 0.6) is 0 Å². The van der Waals surface area contributed by atoms with Gasteiger partial charge in [0.2, 0.25) is 5.91 Å². The Hall–Kier alpha value is -2.34. The SMILES string of the molecule is CC(C)[C@H](NC(=O)CCc1ccsc1)c1ccc2[nH]c(=O)oc2c1. The van der Waals surface area contributed by atoms with E-state index < -0.39 is 5.76 Å². The smallest absolute Gasteiger partial charge is 0.408 e. The highest BCUT2D eigenvalue weighted by atomic mass is 32.1. The number of H-pyrrole nitrogens is 1. The summed E-state index contributed by atoms with van der Waals surface area (Å²) in [4.78, 5) is 26.2. The summed E-state index contributed by atoms with van der Waals surface area (Å²) in [6.07, 6.45) is 1.20. The highest BCUT2D eigenvalue weighted by Gasteiger charge is 2.19. The number of rotatable bonds is 6. The van der Waals surface area contributed by atoms with Crippen molar-refractivity contribution in [2.45, 2.75) is 32.7 Å². The van der Waals surface area contributed by atoms with Gasteiger partial charge in [-0.1, -0.05) is 19.9 Å². The number of fused-ring (bicyclic) bond motifs is 1. The molecule has 2 heterocycles. The van der Waals surface area contributed by atoms with Gasteiger partial charge in [0.15, 0.2) is 5.58 Å². The van der Waals surface area contributed by atoms with Crippen LogP contribution in [0.15, 0.2) is 44.2 Å². The van der Waals surface area contributed by atoms with Gasteiger partial charge in [-0.25, -0.2) is 4.79 Å². The summed E-state index contributed by atoms with van der Waals surface area (Å²) in [6.45, 7) is 4.11. The Morgan fingerprint density at radius 2 is 2.17 bits per heavy atom. The average molecular weight is 344 g/mol. The number of benzene rings is 1. The van der Waals surface area contributed by atoms with Crippen molar-refractivity contribution < 1.29 is 9.21 Å². The van der Waals surface area contributed by atoms with E-state index >= 15 is 0 Å². The lowest BCUT2D eigenvalue weighted by molar-refractivity contribution is -0.122. The highest BCUT2D eigenvalue weighted by molar-refractivity contribution is 7.07. The van der Waals surface area contributed by atoms with E-state index in [0.717, 1.165) is 12.0 Å². The Morgan fingerprint density at radius 1 is 1.33 bits per heavy atom. The van der Waals surface area contributed by atoms with E-state index in [2.05, 4.69) is 29.5 Å². The third-order valence-corrected chi connectivity index (χ3v) is 4.74. The molecule has 3 aromatic rings. The lowest BCUT2D eigenvalue weighted by Gasteiger charge is -2.23. The molecule has 24 heavy (non-hydrogen) atoms. The molecule has 0 aliphatic heterocycles. The van der Waals surface area contributed by atoms with Crippen LogP contribution < -0.4 is 11.1 Å². The molecule has 1 atom stereocenters. The van der Waals surface area contributed by atoms with Gasteiger partial charge in [0.05, 0.1) is 11.6 Å². The van der Waals surface area contributed by atoms with Gasteiger partial charge in [-0.15, -0.1) is 0 Å². The Labute approximate surface area is 143 Å². The summed E-state index contributed by atoms with van der Waals surface area (Å²) in [5, 5.41) is 7.18. The predicted molar refractivity (Wildman–Crippen MR) is 95.2 cm³/mol. The zero-order valence-electron chi connectivity index (χ0n) is 13.7. The van der Waals surface area contributed by atoms with Gasteiger partial charge in [-0.3, -0.25) is 9.78 Å². The first-order valence-corrected chi connectivity index (χ1v) is 8.90. The maximum Gasteiger partial charge on any atom is 0.417 e. The summed E-state index contributed by atoms with van der Waals surface area (Å²) in [7, 11) is 0. The van der Waals surface area contributed by atoms with Gasteiger partial charge in [-0.05, 0) is 52.4 Å². The van der Waals surface area contributed by atoms with E-state index in [-0.39, 0.29) is 17.9 Å². The molecule has 0 aliphatic carbocycles. The second-order valence-electron chi connectivity index (χ2n) is 6.19. The van der Waals surface area contributed by atoms with Gasteiger partial charge in [0.1, 0.15) is 0 Å². The van der Waals surface area contributed by atoms with Crippen molar-refractivity contribution in [3.8, 4) is 0 Å². The van der Waals surface area contributed by atoms with E-state index in [1.165, 1.54) is 5.56 Å². The van der Waals surface area contributed by atoms with E-state index in [9.17, 15) is 9.59 Å². The number of hydrogen-bond acceptors (Lipinski definition) is 4. The first-order chi connectivity index (χ1) is 11.5. The van der Waals surface area contributed by atoms with E-state index in [1.807, 2.05) is 29.6 Å². The lowest BCUT2D eigenvalue weighted by Crippen LogP contribution is -2.31. The molecule has 0 bridgehead atoms. The first-order valence-electron chi connectivity index (χ1n) is 7.96. The maximum atomic E-state index is 12.3. The highest BCUT2D eigenvalue weighted by Crippen LogP contribution is 2.25. The van der Waals surface area contributed by atoms with E-state index in [4.69, 9.17) is 4.42 Å². The molecule has 5 nitrogen and oxygen atoms in total. The minimum Gasteiger partial charge on any atom is -0.408 e. The van der Waals surface area contributed by atoms with Gasteiger partial charge in [-0.2, -0.15) is 11.3 Å². The van der Waals surface area contributed by atoms with Crippen LogP contribution in [0.4, 0.5) is 0 Å². The van der Waals surface area contributed by atoms with Crippen molar-refractivity contribution in [3.63, 3.8) is 0 Å². The second kappa shape index (κ2) is 7.05. The minimum absolute atomic E-state index is 0.0236. The number of aromatic amines is 1. The quantitative estimate of drug-likeness (QED) is 0.717. The van der Waals surface area contributed by atoms with Gasteiger partial charge in [0, 0.05) is 6.42 Å². The molecule has 0 aliphatic rings. The molecule has 0 saturated heterocycles. The van der Waals surface area contributed by atoms with E-state index in [0.29, 0.717) is 17.5 Å². The number of aromatic nitrogens is 1. The number of thiophene rings is 1. The molecule has 6 heteroatoms. The molecule has 1 amide bonds. The third kappa shape index (κ3) is 3.76. The largest absolute Gasteiger partial charge is 0.417 e. The Morgan fingerprint density at radius 3 is 2.88 bits per heavy atom. The number of hydrogen-bond donors (Lipinski definition) is 2. The number of carbonyl (C=O) groups excluding carboxylic acids is 1. The van der Waals surface area contributed by atoms with Crippen molar-refractivity contribution >= 4 is 28.3 Å². The average Bonchev–Trinajstić information content (AvgIpc) is 3.17. The van der Waals surface area contributed by atoms with Crippen LogP contribution in [0.1, 0.15) is 37.4 Å². The normalized spacial score (nSPS) is 12.6. The summed E-state index contributed by atoms with van der Waals surface area (Å²) in [6, 6.07) is 7.46. The molecule has 0 spiro atoms. The van der Waals surface area contributed by atoms with Gasteiger partial charge < -0.3 is 9.73 Å². The molecule has 3 rings (SSSR count). The minimum atomic E-state index is -0.469. The fraction of sp³-hybridized carbons (Fsp3) is 0.333. The summed E-state index contributed by atoms with van der Waals surface area (Å²) >= 11 is 1.64. The number of aryl methyl sites for hydroxylation is 1. The summed E-state index contributed by atoms with van der Waals surface area (Å²) in [5.41, 5.74) is 3.29. The molecule has 0 fully saturated rings. The standard InChI is InChI=1S/C18H20N2O3S/c1-11(2)17(20-16(21)6-3-12-7-8-24-10-12)13-4-5-14-15(9-13)23-18(22)19-14/h4-5,7-11,17H,3,6H2,1-2H3,(H,19,22)(H,20,21)/t17-/m0/s1. The van der Waals surface area contributed by atoms with Gasteiger partial charge >= 0.3 is 5.76 Å². The second-order valence-corrected chi connectivity index (χ2v) is 6.97. The van der Waals surface area contributed by atoms with E-state index in [1.54, 1.807) is 11.3 Å². The fourth-order valence-electron chi connectivity index (χ4n) is 2.73. The molecule has 1 aromatic carbocycles. The molecule has 0 unspecified atom stereocenters. The number of nitrogens with one attached hydrogen (secondary N) is 2. The Balaban J connectivity index is 1.73. The van der Waals surface area contributed by atoms with Crippen molar-refractivity contribution in [1.29, 1.82) is 0 Å². The van der Waals surface area contributed by atoms with Crippen LogP contribution in [-0.2, 0) is 11.2 Å². The topological polar surface area (TPSA) is 75.1 Å². The Kier molecular flexibility index (Phi) is 4.85. The summed E-state index contributed by atoms with van der Waals surface area (Å²) in [5.74, 6) is -0.225. The van der Waals surface area contributed by atoms with Crippen LogP contribution in [0, 0.1) is 5.92 Å². The molecule has 2 N–H and O–H groups in total. The van der Waals surface area contributed by atoms with Gasteiger partial charge in [0.25, 0.3) is 0 Å². The zero-order chi connectivity index (χ0) is 17.1. The van der Waals surface area contributed by atoms with Crippen LogP contribution in [0.3, 0.4) is 0 Å². The lowest BCUT2D eigenvalue weighted by atomic mass is 9.95. The van der Waals surface area contributed by atoms with Crippen LogP contribution in [-0.4, -0.2) is 10.9 Å². The zero-order valence-corrected chi connectivity index (χ0v) is 14.5. The third-order valence-electron chi connectivity index (χ3n) is 4.01. The molecule has 0 saturated carbocycles. The van der Waals surface area contributed by atoms with Crippen molar-refractivity contribution in [1.82, 2.24) is 10.3 Å². The van der Waals surface area contributed by atoms with Crippen molar-refractivity contribution in [3.05, 3.63) is 56.7 Å². The Bertz CT molecular complexity index is 877. The van der Waals surface area contributed by atoms with Crippen molar-refractivity contribution in [2.75, 3.05) is 0 Å². The number of amides is 1. The molecular weight excluding hydrogens is 324 g/mol. The first kappa shape index (κ1) is 16.5. The maximum absolute atomic E-state index is 12.3. The van der Waals surface area contributed by atoms with Crippen molar-refractivity contribution in [2.24, 2.45) is 5.92 Å². The number of carbonyl (C=O) groups is 1. The molecule has 0 radical (unpaired) electrons. The van der Waals surface area contributed by atoms with Crippen LogP contribution in [0.25, 0.3) is 11.1 Å². The fourth-order valence-corrected chi connectivity index (χ4v) is 3.43. The molecule has 126 valence electrons. The molecule has 2 aromatic heterocycles. The number of oxazole rings is 1. The molecular formula is C18H20N2O3S. The van der Waals surface area contributed by atoms with Crippen LogP contribution >= 0.6 is 11.3 Å². The monoisotopic (exact) mass is 344 g/mol. The van der Waals surface area contributed by atoms with Crippen LogP contribution in [0.2, 0.25) is 0 Å².